The third-order valence-corrected chi connectivity index (χ3v) is 6.78. The lowest BCUT2D eigenvalue weighted by molar-refractivity contribution is 0.122. The Morgan fingerprint density at radius 2 is 1.44 bits per heavy atom. The van der Waals surface area contributed by atoms with E-state index in [0.29, 0.717) is 0 Å². The Morgan fingerprint density at radius 3 is 2.00 bits per heavy atom. The van der Waals surface area contributed by atoms with Crippen molar-refractivity contribution in [1.82, 2.24) is 0 Å². The average molecular weight is 361 g/mol. The summed E-state index contributed by atoms with van der Waals surface area (Å²) in [6, 6.07) is 7.75. The van der Waals surface area contributed by atoms with E-state index in [9.17, 15) is 0 Å². The Labute approximate surface area is 158 Å². The van der Waals surface area contributed by atoms with Gasteiger partial charge in [0.05, 0.1) is 6.61 Å². The molecule has 2 heteroatoms. The van der Waals surface area contributed by atoms with Crippen molar-refractivity contribution < 1.29 is 4.74 Å². The molecule has 0 amide bonds. The Hall–Kier alpha value is -0.950. The average Bonchev–Trinajstić information content (AvgIpc) is 2.67. The van der Waals surface area contributed by atoms with Crippen molar-refractivity contribution in [3.05, 3.63) is 41.9 Å². The lowest BCUT2D eigenvalue weighted by Crippen LogP contribution is -2.27. The van der Waals surface area contributed by atoms with Gasteiger partial charge in [-0.05, 0) is 99.3 Å². The van der Waals surface area contributed by atoms with Gasteiger partial charge in [0.2, 0.25) is 0 Å². The second kappa shape index (κ2) is 9.67. The highest BCUT2D eigenvalue weighted by atomic mass is 35.5. The van der Waals surface area contributed by atoms with E-state index in [1.807, 2.05) is 24.3 Å². The van der Waals surface area contributed by atoms with Crippen LogP contribution in [0.2, 0.25) is 5.02 Å². The maximum atomic E-state index is 5.97. The smallest absolute Gasteiger partial charge is 0.119 e. The zero-order valence-electron chi connectivity index (χ0n) is 15.5. The SMILES string of the molecule is C=CCCC1CCC(C2CCC(COc3ccc(Cl)cc3)CC2)CC1. The molecular formula is C23H33ClO. The molecule has 0 atom stereocenters. The van der Waals surface area contributed by atoms with E-state index >= 15 is 0 Å². The number of benzene rings is 1. The normalized spacial score (nSPS) is 30.0. The molecule has 2 saturated carbocycles. The predicted octanol–water partition coefficient (Wildman–Crippen LogP) is 7.30. The van der Waals surface area contributed by atoms with Gasteiger partial charge in [-0.2, -0.15) is 0 Å². The summed E-state index contributed by atoms with van der Waals surface area (Å²) in [6.07, 6.45) is 16.0. The fraction of sp³-hybridized carbons (Fsp3) is 0.652. The van der Waals surface area contributed by atoms with E-state index in [0.717, 1.165) is 41.1 Å². The van der Waals surface area contributed by atoms with Crippen LogP contribution in [0.5, 0.6) is 5.75 Å². The van der Waals surface area contributed by atoms with Crippen LogP contribution in [0.1, 0.15) is 64.2 Å². The quantitative estimate of drug-likeness (QED) is 0.463. The molecule has 1 aromatic carbocycles. The molecule has 0 bridgehead atoms. The minimum atomic E-state index is 0.732. The molecule has 0 N–H and O–H groups in total. The van der Waals surface area contributed by atoms with Gasteiger partial charge in [0.1, 0.15) is 5.75 Å². The van der Waals surface area contributed by atoms with Crippen LogP contribution < -0.4 is 4.74 Å². The van der Waals surface area contributed by atoms with Crippen LogP contribution in [0.15, 0.2) is 36.9 Å². The molecule has 0 radical (unpaired) electrons. The third kappa shape index (κ3) is 5.78. The largest absolute Gasteiger partial charge is 0.493 e. The van der Waals surface area contributed by atoms with E-state index in [1.165, 1.54) is 64.2 Å². The van der Waals surface area contributed by atoms with Crippen molar-refractivity contribution in [1.29, 1.82) is 0 Å². The first-order valence-electron chi connectivity index (χ1n) is 10.2. The number of halogens is 1. The zero-order valence-corrected chi connectivity index (χ0v) is 16.2. The lowest BCUT2D eigenvalue weighted by atomic mass is 9.69. The first-order chi connectivity index (χ1) is 12.2. The van der Waals surface area contributed by atoms with Crippen LogP contribution in [0.3, 0.4) is 0 Å². The summed E-state index contributed by atoms with van der Waals surface area (Å²) in [5.41, 5.74) is 0. The van der Waals surface area contributed by atoms with Gasteiger partial charge in [-0.3, -0.25) is 0 Å². The summed E-state index contributed by atoms with van der Waals surface area (Å²) in [4.78, 5) is 0. The molecule has 25 heavy (non-hydrogen) atoms. The molecule has 0 aromatic heterocycles. The van der Waals surface area contributed by atoms with E-state index in [-0.39, 0.29) is 0 Å². The van der Waals surface area contributed by atoms with Crippen molar-refractivity contribution in [3.8, 4) is 5.75 Å². The fourth-order valence-corrected chi connectivity index (χ4v) is 5.00. The summed E-state index contributed by atoms with van der Waals surface area (Å²) in [6.45, 7) is 4.73. The predicted molar refractivity (Wildman–Crippen MR) is 107 cm³/mol. The van der Waals surface area contributed by atoms with Crippen molar-refractivity contribution in [2.75, 3.05) is 6.61 Å². The highest BCUT2D eigenvalue weighted by molar-refractivity contribution is 6.30. The van der Waals surface area contributed by atoms with Crippen LogP contribution in [0, 0.1) is 23.7 Å². The summed E-state index contributed by atoms with van der Waals surface area (Å²) >= 11 is 5.92. The van der Waals surface area contributed by atoms with Gasteiger partial charge in [0.15, 0.2) is 0 Å². The molecule has 2 aliphatic rings. The second-order valence-electron chi connectivity index (χ2n) is 8.19. The molecule has 2 aliphatic carbocycles. The standard InChI is InChI=1S/C23H33ClO/c1-2-3-4-18-5-9-20(10-6-18)21-11-7-19(8-12-21)17-25-23-15-13-22(24)14-16-23/h2,13-16,18-21H,1,3-12,17H2. The van der Waals surface area contributed by atoms with Gasteiger partial charge in [-0.15, -0.1) is 6.58 Å². The molecule has 0 saturated heterocycles. The molecular weight excluding hydrogens is 328 g/mol. The van der Waals surface area contributed by atoms with Crippen molar-refractivity contribution in [3.63, 3.8) is 0 Å². The van der Waals surface area contributed by atoms with E-state index < -0.39 is 0 Å². The van der Waals surface area contributed by atoms with Crippen LogP contribution in [0.4, 0.5) is 0 Å². The van der Waals surface area contributed by atoms with Gasteiger partial charge in [-0.1, -0.05) is 30.5 Å². The molecule has 2 fully saturated rings. The Kier molecular flexibility index (Phi) is 7.28. The van der Waals surface area contributed by atoms with Gasteiger partial charge in [0.25, 0.3) is 0 Å². The fourth-order valence-electron chi connectivity index (χ4n) is 4.87. The lowest BCUT2D eigenvalue weighted by Gasteiger charge is -2.37. The first-order valence-corrected chi connectivity index (χ1v) is 10.6. The van der Waals surface area contributed by atoms with Crippen LogP contribution in [-0.4, -0.2) is 6.61 Å². The van der Waals surface area contributed by atoms with Crippen LogP contribution in [0.25, 0.3) is 0 Å². The highest BCUT2D eigenvalue weighted by Crippen LogP contribution is 2.42. The van der Waals surface area contributed by atoms with Gasteiger partial charge in [-0.25, -0.2) is 0 Å². The maximum absolute atomic E-state index is 5.97. The van der Waals surface area contributed by atoms with Crippen molar-refractivity contribution in [2.24, 2.45) is 23.7 Å². The Bertz CT molecular complexity index is 507. The van der Waals surface area contributed by atoms with Gasteiger partial charge < -0.3 is 4.74 Å². The third-order valence-electron chi connectivity index (χ3n) is 6.53. The van der Waals surface area contributed by atoms with Crippen molar-refractivity contribution >= 4 is 11.6 Å². The molecule has 0 heterocycles. The summed E-state index contributed by atoms with van der Waals surface area (Å²) in [5.74, 6) is 4.63. The number of ether oxygens (including phenoxy) is 1. The van der Waals surface area contributed by atoms with Gasteiger partial charge >= 0.3 is 0 Å². The molecule has 0 unspecified atom stereocenters. The Morgan fingerprint density at radius 1 is 0.880 bits per heavy atom. The molecule has 138 valence electrons. The minimum Gasteiger partial charge on any atom is -0.493 e. The molecule has 0 aliphatic heterocycles. The van der Waals surface area contributed by atoms with Crippen LogP contribution >= 0.6 is 11.6 Å². The number of rotatable bonds is 7. The highest BCUT2D eigenvalue weighted by Gasteiger charge is 2.30. The molecule has 1 aromatic rings. The summed E-state index contributed by atoms with van der Waals surface area (Å²) < 4.78 is 5.97. The Balaban J connectivity index is 1.34. The summed E-state index contributed by atoms with van der Waals surface area (Å²) in [5, 5.41) is 0.770. The minimum absolute atomic E-state index is 0.732. The molecule has 0 spiro atoms. The topological polar surface area (TPSA) is 9.23 Å². The number of hydrogen-bond acceptors (Lipinski definition) is 1. The van der Waals surface area contributed by atoms with E-state index in [2.05, 4.69) is 12.7 Å². The van der Waals surface area contributed by atoms with Crippen LogP contribution in [-0.2, 0) is 0 Å². The second-order valence-corrected chi connectivity index (χ2v) is 8.63. The van der Waals surface area contributed by atoms with E-state index in [4.69, 9.17) is 16.3 Å². The first kappa shape index (κ1) is 18.8. The monoisotopic (exact) mass is 360 g/mol. The zero-order chi connectivity index (χ0) is 17.5. The number of hydrogen-bond donors (Lipinski definition) is 0. The molecule has 1 nitrogen and oxygen atoms in total. The van der Waals surface area contributed by atoms with E-state index in [1.54, 1.807) is 0 Å². The summed E-state index contributed by atoms with van der Waals surface area (Å²) in [7, 11) is 0. The maximum Gasteiger partial charge on any atom is 0.119 e. The van der Waals surface area contributed by atoms with Crippen molar-refractivity contribution in [2.45, 2.75) is 64.2 Å². The van der Waals surface area contributed by atoms with Gasteiger partial charge in [0, 0.05) is 5.02 Å². The molecule has 3 rings (SSSR count). The number of allylic oxidation sites excluding steroid dienone is 1.